The molecule has 0 N–H and O–H groups in total. The molecule has 0 atom stereocenters. The van der Waals surface area contributed by atoms with Gasteiger partial charge in [0.05, 0.1) is 17.2 Å². The molecule has 0 saturated carbocycles. The minimum absolute atomic E-state index is 0.0471. The van der Waals surface area contributed by atoms with E-state index in [0.29, 0.717) is 17.7 Å². The third-order valence-corrected chi connectivity index (χ3v) is 6.62. The lowest BCUT2D eigenvalue weighted by Crippen LogP contribution is -2.40. The lowest BCUT2D eigenvalue weighted by molar-refractivity contribution is -0.159. The molecule has 5 nitrogen and oxygen atoms in total. The summed E-state index contributed by atoms with van der Waals surface area (Å²) in [6.07, 6.45) is -2.51. The zero-order chi connectivity index (χ0) is 28.1. The average Bonchev–Trinajstić information content (AvgIpc) is 3.36. The van der Waals surface area contributed by atoms with Crippen LogP contribution in [0, 0.1) is 0 Å². The van der Waals surface area contributed by atoms with Crippen molar-refractivity contribution in [1.29, 1.82) is 0 Å². The summed E-state index contributed by atoms with van der Waals surface area (Å²) in [6.45, 7) is 5.42. The number of ketones is 1. The smallest absolute Gasteiger partial charge is 0.416 e. The van der Waals surface area contributed by atoms with Crippen molar-refractivity contribution in [2.75, 3.05) is 6.61 Å². The Balaban J connectivity index is 1.63. The molecular weight excluding hydrogens is 544 g/mol. The van der Waals surface area contributed by atoms with Crippen LogP contribution in [0.3, 0.4) is 0 Å². The molecule has 3 rings (SSSR count). The first-order valence-electron chi connectivity index (χ1n) is 12.0. The van der Waals surface area contributed by atoms with E-state index < -0.39 is 23.3 Å². The molecular formula is C28H27Cl2F3O5. The zero-order valence-corrected chi connectivity index (χ0v) is 22.6. The Morgan fingerprint density at radius 1 is 0.947 bits per heavy atom. The first kappa shape index (κ1) is 29.6. The summed E-state index contributed by atoms with van der Waals surface area (Å²) in [6, 6.07) is 10.7. The van der Waals surface area contributed by atoms with Gasteiger partial charge in [-0.3, -0.25) is 4.79 Å². The van der Waals surface area contributed by atoms with Gasteiger partial charge in [0.2, 0.25) is 0 Å². The van der Waals surface area contributed by atoms with Crippen LogP contribution in [0.4, 0.5) is 13.2 Å². The van der Waals surface area contributed by atoms with Gasteiger partial charge in [0, 0.05) is 12.0 Å². The van der Waals surface area contributed by atoms with Crippen molar-refractivity contribution in [3.05, 3.63) is 75.5 Å². The van der Waals surface area contributed by atoms with Crippen molar-refractivity contribution < 1.29 is 36.7 Å². The molecule has 0 radical (unpaired) electrons. The number of furan rings is 1. The van der Waals surface area contributed by atoms with Crippen LogP contribution >= 0.6 is 23.2 Å². The van der Waals surface area contributed by atoms with Crippen LogP contribution in [0.2, 0.25) is 10.0 Å². The van der Waals surface area contributed by atoms with Crippen molar-refractivity contribution in [1.82, 2.24) is 0 Å². The van der Waals surface area contributed by atoms with Gasteiger partial charge in [-0.2, -0.15) is 13.2 Å². The molecule has 0 amide bonds. The number of hydrogen-bond donors (Lipinski definition) is 0. The first-order valence-corrected chi connectivity index (χ1v) is 12.7. The largest absolute Gasteiger partial charge is 0.475 e. The van der Waals surface area contributed by atoms with Gasteiger partial charge in [-0.25, -0.2) is 4.79 Å². The van der Waals surface area contributed by atoms with Gasteiger partial charge in [-0.15, -0.1) is 0 Å². The summed E-state index contributed by atoms with van der Waals surface area (Å²) in [5.41, 5.74) is -1.05. The molecule has 38 heavy (non-hydrogen) atoms. The molecule has 0 unspecified atom stereocenters. The molecule has 0 aliphatic heterocycles. The lowest BCUT2D eigenvalue weighted by Gasteiger charge is -2.25. The van der Waals surface area contributed by atoms with Crippen molar-refractivity contribution in [2.45, 2.75) is 58.2 Å². The summed E-state index contributed by atoms with van der Waals surface area (Å²) in [4.78, 5) is 25.0. The SMILES string of the molecule is CCCCOC(=O)C(C)(C)Oc1ccc(CCC(=O)c2ccc(-c3ccc(C(F)(F)F)cc3)o2)c(Cl)c1Cl. The van der Waals surface area contributed by atoms with Gasteiger partial charge in [0.25, 0.3) is 0 Å². The molecule has 2 aromatic carbocycles. The highest BCUT2D eigenvalue weighted by molar-refractivity contribution is 6.43. The summed E-state index contributed by atoms with van der Waals surface area (Å²) in [7, 11) is 0. The van der Waals surface area contributed by atoms with Crippen molar-refractivity contribution in [3.63, 3.8) is 0 Å². The van der Waals surface area contributed by atoms with Crippen LogP contribution in [0.1, 0.15) is 61.7 Å². The fourth-order valence-electron chi connectivity index (χ4n) is 3.48. The quantitative estimate of drug-likeness (QED) is 0.131. The van der Waals surface area contributed by atoms with Crippen LogP contribution in [-0.2, 0) is 22.1 Å². The fraction of sp³-hybridized carbons (Fsp3) is 0.357. The summed E-state index contributed by atoms with van der Waals surface area (Å²) < 4.78 is 54.9. The minimum Gasteiger partial charge on any atom is -0.475 e. The zero-order valence-electron chi connectivity index (χ0n) is 21.1. The van der Waals surface area contributed by atoms with E-state index in [1.54, 1.807) is 26.0 Å². The summed E-state index contributed by atoms with van der Waals surface area (Å²) in [5.74, 6) is -0.282. The third-order valence-electron chi connectivity index (χ3n) is 5.71. The number of Topliss-reactive ketones (excluding diaryl/α,β-unsaturated/α-hetero) is 1. The number of halogens is 5. The van der Waals surface area contributed by atoms with Gasteiger partial charge in [0.1, 0.15) is 16.5 Å². The van der Waals surface area contributed by atoms with E-state index in [4.69, 9.17) is 37.1 Å². The number of unbranched alkanes of at least 4 members (excludes halogenated alkanes) is 1. The van der Waals surface area contributed by atoms with E-state index in [0.717, 1.165) is 25.0 Å². The molecule has 1 aromatic heterocycles. The molecule has 10 heteroatoms. The lowest BCUT2D eigenvalue weighted by atomic mass is 10.1. The molecule has 204 valence electrons. The van der Waals surface area contributed by atoms with E-state index in [1.165, 1.54) is 24.3 Å². The first-order chi connectivity index (χ1) is 17.8. The highest BCUT2D eigenvalue weighted by Gasteiger charge is 2.33. The number of alkyl halides is 3. The van der Waals surface area contributed by atoms with Gasteiger partial charge in [-0.1, -0.05) is 54.7 Å². The van der Waals surface area contributed by atoms with Crippen LogP contribution in [0.15, 0.2) is 52.9 Å². The van der Waals surface area contributed by atoms with Crippen molar-refractivity contribution in [3.8, 4) is 17.1 Å². The maximum atomic E-state index is 12.8. The number of ether oxygens (including phenoxy) is 2. The molecule has 1 heterocycles. The molecule has 3 aromatic rings. The van der Waals surface area contributed by atoms with E-state index in [9.17, 15) is 22.8 Å². The fourth-order valence-corrected chi connectivity index (χ4v) is 3.95. The third kappa shape index (κ3) is 7.32. The molecule has 0 spiro atoms. The van der Waals surface area contributed by atoms with E-state index in [2.05, 4.69) is 0 Å². The topological polar surface area (TPSA) is 65.7 Å². The van der Waals surface area contributed by atoms with Crippen LogP contribution < -0.4 is 4.74 Å². The summed E-state index contributed by atoms with van der Waals surface area (Å²) in [5, 5.41) is 0.297. The van der Waals surface area contributed by atoms with Crippen molar-refractivity contribution in [2.24, 2.45) is 0 Å². The molecule has 0 saturated heterocycles. The second-order valence-corrected chi connectivity index (χ2v) is 9.87. The Labute approximate surface area is 228 Å². The summed E-state index contributed by atoms with van der Waals surface area (Å²) >= 11 is 12.8. The number of carbonyl (C=O) groups is 2. The van der Waals surface area contributed by atoms with E-state index in [-0.39, 0.29) is 45.9 Å². The Kier molecular flexibility index (Phi) is 9.54. The Morgan fingerprint density at radius 3 is 2.26 bits per heavy atom. The van der Waals surface area contributed by atoms with Crippen LogP contribution in [0.25, 0.3) is 11.3 Å². The second kappa shape index (κ2) is 12.3. The maximum absolute atomic E-state index is 12.8. The highest BCUT2D eigenvalue weighted by atomic mass is 35.5. The number of benzene rings is 2. The maximum Gasteiger partial charge on any atom is 0.416 e. The molecule has 0 bridgehead atoms. The van der Waals surface area contributed by atoms with Crippen LogP contribution in [-0.4, -0.2) is 24.0 Å². The average molecular weight is 571 g/mol. The van der Waals surface area contributed by atoms with Crippen molar-refractivity contribution >= 4 is 35.0 Å². The predicted molar refractivity (Wildman–Crippen MR) is 139 cm³/mol. The monoisotopic (exact) mass is 570 g/mol. The molecule has 0 aliphatic carbocycles. The number of hydrogen-bond acceptors (Lipinski definition) is 5. The number of aryl methyl sites for hydroxylation is 1. The Hall–Kier alpha value is -2.97. The number of carbonyl (C=O) groups excluding carboxylic acids is 2. The molecule has 0 aliphatic rings. The van der Waals surface area contributed by atoms with Gasteiger partial charge in [-0.05, 0) is 62.6 Å². The second-order valence-electron chi connectivity index (χ2n) is 9.11. The van der Waals surface area contributed by atoms with Gasteiger partial charge >= 0.3 is 12.1 Å². The standard InChI is InChI=1S/C28H27Cl2F3O5/c1-4-5-16-36-26(35)27(2,3)38-23-13-9-18(24(29)25(23)30)8-12-20(34)22-15-14-21(37-22)17-6-10-19(11-7-17)28(31,32)33/h6-7,9-11,13-15H,4-5,8,12,16H2,1-3H3. The number of rotatable bonds is 11. The Morgan fingerprint density at radius 2 is 1.63 bits per heavy atom. The molecule has 0 fully saturated rings. The van der Waals surface area contributed by atoms with E-state index >= 15 is 0 Å². The Bertz CT molecular complexity index is 1280. The minimum atomic E-state index is -4.44. The number of esters is 1. The highest BCUT2D eigenvalue weighted by Crippen LogP contribution is 2.37. The predicted octanol–water partition coefficient (Wildman–Crippen LogP) is 8.59. The van der Waals surface area contributed by atoms with E-state index in [1.807, 2.05) is 6.92 Å². The normalized spacial score (nSPS) is 11.9. The van der Waals surface area contributed by atoms with Gasteiger partial charge in [0.15, 0.2) is 17.1 Å². The van der Waals surface area contributed by atoms with Gasteiger partial charge < -0.3 is 13.9 Å². The van der Waals surface area contributed by atoms with Crippen LogP contribution in [0.5, 0.6) is 5.75 Å².